The minimum Gasteiger partial charge on any atom is -0.431 e. The third-order valence-electron chi connectivity index (χ3n) is 1.11. The second kappa shape index (κ2) is 1.00. The summed E-state index contributed by atoms with van der Waals surface area (Å²) < 4.78 is 4.59. The molecule has 1 fully saturated rings. The molecule has 2 heterocycles. The Hall–Kier alpha value is -0.700. The van der Waals surface area contributed by atoms with Gasteiger partial charge in [0.25, 0.3) is 0 Å². The van der Waals surface area contributed by atoms with E-state index in [4.69, 9.17) is 11.6 Å². The number of carbonyl (C=O) groups is 1. The molecule has 0 radical (unpaired) electrons. The number of hydrogen-bond acceptors (Lipinski definition) is 3. The standard InChI is InChI=1S/C4H2ClNO2/c5-1-2-3(6-2)8-4(1)7/h3,6H. The first kappa shape index (κ1) is 4.21. The summed E-state index contributed by atoms with van der Waals surface area (Å²) in [6.07, 6.45) is -0.185. The molecule has 0 aromatic rings. The van der Waals surface area contributed by atoms with E-state index >= 15 is 0 Å². The van der Waals surface area contributed by atoms with Crippen molar-refractivity contribution in [2.24, 2.45) is 0 Å². The van der Waals surface area contributed by atoms with Gasteiger partial charge in [0.05, 0.1) is 0 Å². The zero-order chi connectivity index (χ0) is 5.72. The zero-order valence-electron chi connectivity index (χ0n) is 3.77. The van der Waals surface area contributed by atoms with Gasteiger partial charge in [-0.05, 0) is 0 Å². The van der Waals surface area contributed by atoms with E-state index < -0.39 is 5.97 Å². The highest BCUT2D eigenvalue weighted by atomic mass is 35.5. The van der Waals surface area contributed by atoms with E-state index in [0.29, 0.717) is 0 Å². The smallest absolute Gasteiger partial charge is 0.354 e. The van der Waals surface area contributed by atoms with E-state index in [2.05, 4.69) is 10.1 Å². The number of halogens is 1. The van der Waals surface area contributed by atoms with Crippen molar-refractivity contribution in [1.29, 1.82) is 0 Å². The summed E-state index contributed by atoms with van der Waals surface area (Å²) in [5.41, 5.74) is 0.733. The molecule has 0 bridgehead atoms. The molecule has 42 valence electrons. The average molecular weight is 132 g/mol. The van der Waals surface area contributed by atoms with Crippen molar-refractivity contribution >= 4 is 17.6 Å². The maximum atomic E-state index is 10.4. The van der Waals surface area contributed by atoms with Gasteiger partial charge in [-0.15, -0.1) is 0 Å². The number of carbonyl (C=O) groups excluding carboxylic acids is 1. The van der Waals surface area contributed by atoms with Crippen LogP contribution < -0.4 is 5.32 Å². The normalized spacial score (nSPS) is 31.6. The third-order valence-corrected chi connectivity index (χ3v) is 1.46. The van der Waals surface area contributed by atoms with Gasteiger partial charge in [-0.2, -0.15) is 0 Å². The predicted octanol–water partition coefficient (Wildman–Crippen LogP) is -0.0771. The summed E-state index contributed by atoms with van der Waals surface area (Å²) in [7, 11) is 0. The second-order valence-electron chi connectivity index (χ2n) is 1.66. The Kier molecular flexibility index (Phi) is 0.526. The van der Waals surface area contributed by atoms with Crippen molar-refractivity contribution in [1.82, 2.24) is 5.32 Å². The van der Waals surface area contributed by atoms with Crippen LogP contribution in [0.3, 0.4) is 0 Å². The summed E-state index contributed by atoms with van der Waals surface area (Å²) in [6.45, 7) is 0. The predicted molar refractivity (Wildman–Crippen MR) is 25.9 cm³/mol. The molecule has 1 saturated heterocycles. The molecule has 0 aromatic carbocycles. The fourth-order valence-corrected chi connectivity index (χ4v) is 0.833. The lowest BCUT2D eigenvalue weighted by Crippen LogP contribution is -2.05. The lowest BCUT2D eigenvalue weighted by Gasteiger charge is -1.90. The van der Waals surface area contributed by atoms with Crippen molar-refractivity contribution in [3.63, 3.8) is 0 Å². The minimum absolute atomic E-state index is 0.185. The molecular formula is C4H2ClNO2. The van der Waals surface area contributed by atoms with Crippen molar-refractivity contribution in [3.05, 3.63) is 10.7 Å². The molecule has 1 N–H and O–H groups in total. The van der Waals surface area contributed by atoms with Crippen LogP contribution in [0.15, 0.2) is 10.7 Å². The molecule has 4 heteroatoms. The highest BCUT2D eigenvalue weighted by Crippen LogP contribution is 2.31. The number of ether oxygens (including phenoxy) is 1. The molecule has 8 heavy (non-hydrogen) atoms. The Balaban J connectivity index is 2.45. The summed E-state index contributed by atoms with van der Waals surface area (Å²) in [5.74, 6) is -0.412. The van der Waals surface area contributed by atoms with E-state index in [9.17, 15) is 4.79 Å². The molecule has 1 unspecified atom stereocenters. The van der Waals surface area contributed by atoms with Gasteiger partial charge in [0.15, 0.2) is 5.03 Å². The minimum atomic E-state index is -0.412. The monoisotopic (exact) mass is 131 g/mol. The van der Waals surface area contributed by atoms with Crippen molar-refractivity contribution < 1.29 is 9.53 Å². The fraction of sp³-hybridized carbons (Fsp3) is 0.250. The molecule has 2 aliphatic heterocycles. The molecule has 0 amide bonds. The summed E-state index contributed by atoms with van der Waals surface area (Å²) in [4.78, 5) is 10.4. The van der Waals surface area contributed by atoms with Gasteiger partial charge in [-0.1, -0.05) is 11.6 Å². The van der Waals surface area contributed by atoms with Gasteiger partial charge in [0.1, 0.15) is 5.70 Å². The van der Waals surface area contributed by atoms with E-state index in [1.807, 2.05) is 0 Å². The lowest BCUT2D eigenvalue weighted by molar-refractivity contribution is -0.137. The van der Waals surface area contributed by atoms with Gasteiger partial charge in [-0.25, -0.2) is 4.79 Å². The summed E-state index contributed by atoms with van der Waals surface area (Å²) in [5, 5.41) is 2.96. The quantitative estimate of drug-likeness (QED) is 0.370. The largest absolute Gasteiger partial charge is 0.431 e. The number of esters is 1. The third kappa shape index (κ3) is 0.327. The van der Waals surface area contributed by atoms with E-state index in [-0.39, 0.29) is 11.3 Å². The molecule has 3 nitrogen and oxygen atoms in total. The Morgan fingerprint density at radius 2 is 2.50 bits per heavy atom. The van der Waals surface area contributed by atoms with Crippen LogP contribution in [-0.4, -0.2) is 12.2 Å². The van der Waals surface area contributed by atoms with Gasteiger partial charge < -0.3 is 10.1 Å². The average Bonchev–Trinajstić information content (AvgIpc) is 2.39. The Labute approximate surface area is 50.3 Å². The first-order chi connectivity index (χ1) is 3.79. The van der Waals surface area contributed by atoms with Crippen LogP contribution in [0.5, 0.6) is 0 Å². The molecule has 0 saturated carbocycles. The van der Waals surface area contributed by atoms with Crippen LogP contribution in [0.1, 0.15) is 0 Å². The van der Waals surface area contributed by atoms with Crippen LogP contribution in [0.2, 0.25) is 0 Å². The Morgan fingerprint density at radius 3 is 2.75 bits per heavy atom. The molecule has 0 aliphatic carbocycles. The molecular weight excluding hydrogens is 130 g/mol. The SMILES string of the molecule is O=C1OC2NC2=C1Cl. The zero-order valence-corrected chi connectivity index (χ0v) is 4.53. The van der Waals surface area contributed by atoms with Crippen LogP contribution in [-0.2, 0) is 9.53 Å². The number of nitrogens with one attached hydrogen (secondary N) is 1. The summed E-state index contributed by atoms with van der Waals surface area (Å²) >= 11 is 5.40. The van der Waals surface area contributed by atoms with Crippen molar-refractivity contribution in [2.45, 2.75) is 6.23 Å². The Morgan fingerprint density at radius 1 is 1.75 bits per heavy atom. The van der Waals surface area contributed by atoms with Crippen LogP contribution in [0, 0.1) is 0 Å². The second-order valence-corrected chi connectivity index (χ2v) is 2.04. The summed E-state index contributed by atoms with van der Waals surface area (Å²) in [6, 6.07) is 0. The first-order valence-electron chi connectivity index (χ1n) is 2.16. The molecule has 1 atom stereocenters. The number of rotatable bonds is 0. The van der Waals surface area contributed by atoms with E-state index in [0.717, 1.165) is 5.70 Å². The maximum absolute atomic E-state index is 10.4. The van der Waals surface area contributed by atoms with Gasteiger partial charge in [0, 0.05) is 0 Å². The topological polar surface area (TPSA) is 48.2 Å². The first-order valence-corrected chi connectivity index (χ1v) is 2.54. The number of hydrogen-bond donors (Lipinski definition) is 1. The molecule has 2 rings (SSSR count). The fourth-order valence-electron chi connectivity index (χ4n) is 0.635. The van der Waals surface area contributed by atoms with E-state index in [1.165, 1.54) is 0 Å². The van der Waals surface area contributed by atoms with Gasteiger partial charge in [0.2, 0.25) is 6.23 Å². The van der Waals surface area contributed by atoms with Gasteiger partial charge in [-0.3, -0.25) is 0 Å². The molecule has 0 spiro atoms. The van der Waals surface area contributed by atoms with E-state index in [1.54, 1.807) is 0 Å². The van der Waals surface area contributed by atoms with Crippen LogP contribution in [0.25, 0.3) is 0 Å². The van der Waals surface area contributed by atoms with Gasteiger partial charge >= 0.3 is 5.97 Å². The van der Waals surface area contributed by atoms with Crippen molar-refractivity contribution in [3.8, 4) is 0 Å². The highest BCUT2D eigenvalue weighted by Gasteiger charge is 2.44. The lowest BCUT2D eigenvalue weighted by atomic mass is 10.6. The van der Waals surface area contributed by atoms with Crippen LogP contribution >= 0.6 is 11.6 Å². The highest BCUT2D eigenvalue weighted by molar-refractivity contribution is 6.42. The Bertz CT molecular complexity index is 198. The number of fused-ring (bicyclic) bond motifs is 1. The molecule has 2 aliphatic rings. The van der Waals surface area contributed by atoms with Crippen molar-refractivity contribution in [2.75, 3.05) is 0 Å². The molecule has 0 aromatic heterocycles. The van der Waals surface area contributed by atoms with Crippen LogP contribution in [0.4, 0.5) is 0 Å². The maximum Gasteiger partial charge on any atom is 0.354 e.